The van der Waals surface area contributed by atoms with Crippen LogP contribution in [0.4, 0.5) is 0 Å². The Morgan fingerprint density at radius 1 is 1.37 bits per heavy atom. The number of hydrogen-bond acceptors (Lipinski definition) is 3. The quantitative estimate of drug-likeness (QED) is 0.755. The highest BCUT2D eigenvalue weighted by Gasteiger charge is 2.13. The molecule has 0 aliphatic heterocycles. The van der Waals surface area contributed by atoms with Crippen LogP contribution in [0.5, 0.6) is 5.75 Å². The van der Waals surface area contributed by atoms with Crippen LogP contribution in [0.1, 0.15) is 29.8 Å². The average Bonchev–Trinajstić information content (AvgIpc) is 2.38. The normalized spacial score (nSPS) is 10.1. The van der Waals surface area contributed by atoms with Crippen molar-refractivity contribution in [2.75, 3.05) is 19.7 Å². The SMILES string of the molecule is CCN(CC)C(=O)COc1c(C)cc(Br)cc1C=O. The van der Waals surface area contributed by atoms with E-state index in [1.165, 1.54) is 0 Å². The Bertz CT molecular complexity index is 470. The van der Waals surface area contributed by atoms with Gasteiger partial charge in [-0.05, 0) is 38.5 Å². The monoisotopic (exact) mass is 327 g/mol. The van der Waals surface area contributed by atoms with E-state index in [2.05, 4.69) is 15.9 Å². The van der Waals surface area contributed by atoms with Gasteiger partial charge < -0.3 is 9.64 Å². The molecule has 0 fully saturated rings. The zero-order valence-electron chi connectivity index (χ0n) is 11.4. The summed E-state index contributed by atoms with van der Waals surface area (Å²) >= 11 is 3.32. The molecule has 1 amide bonds. The molecule has 0 N–H and O–H groups in total. The second kappa shape index (κ2) is 7.28. The van der Waals surface area contributed by atoms with Crippen molar-refractivity contribution in [1.82, 2.24) is 4.90 Å². The van der Waals surface area contributed by atoms with Crippen LogP contribution in [0, 0.1) is 6.92 Å². The van der Waals surface area contributed by atoms with E-state index in [0.29, 0.717) is 24.4 Å². The first-order valence-electron chi connectivity index (χ1n) is 6.19. The highest BCUT2D eigenvalue weighted by atomic mass is 79.9. The van der Waals surface area contributed by atoms with Crippen molar-refractivity contribution in [3.8, 4) is 5.75 Å². The number of rotatable bonds is 6. The van der Waals surface area contributed by atoms with Gasteiger partial charge in [0.25, 0.3) is 5.91 Å². The maximum atomic E-state index is 11.9. The molecule has 0 aliphatic carbocycles. The number of aldehydes is 1. The lowest BCUT2D eigenvalue weighted by molar-refractivity contribution is -0.132. The minimum absolute atomic E-state index is 0.0506. The number of nitrogens with zero attached hydrogens (tertiary/aromatic N) is 1. The molecule has 0 saturated heterocycles. The van der Waals surface area contributed by atoms with Crippen LogP contribution < -0.4 is 4.74 Å². The number of likely N-dealkylation sites (N-methyl/N-ethyl adjacent to an activating group) is 1. The van der Waals surface area contributed by atoms with Crippen molar-refractivity contribution >= 4 is 28.1 Å². The largest absolute Gasteiger partial charge is 0.483 e. The highest BCUT2D eigenvalue weighted by Crippen LogP contribution is 2.26. The Hall–Kier alpha value is -1.36. The summed E-state index contributed by atoms with van der Waals surface area (Å²) in [4.78, 5) is 24.6. The zero-order valence-corrected chi connectivity index (χ0v) is 13.0. The van der Waals surface area contributed by atoms with Crippen LogP contribution in [0.25, 0.3) is 0 Å². The zero-order chi connectivity index (χ0) is 14.4. The number of hydrogen-bond donors (Lipinski definition) is 0. The maximum absolute atomic E-state index is 11.9. The van der Waals surface area contributed by atoms with Crippen LogP contribution in [-0.2, 0) is 4.79 Å². The van der Waals surface area contributed by atoms with Crippen molar-refractivity contribution < 1.29 is 14.3 Å². The Morgan fingerprint density at radius 3 is 2.53 bits per heavy atom. The predicted octanol–water partition coefficient (Wildman–Crippen LogP) is 2.82. The third kappa shape index (κ3) is 4.06. The van der Waals surface area contributed by atoms with Gasteiger partial charge in [0.2, 0.25) is 0 Å². The molecule has 104 valence electrons. The van der Waals surface area contributed by atoms with Crippen LogP contribution in [-0.4, -0.2) is 36.8 Å². The molecule has 0 heterocycles. The molecular weight excluding hydrogens is 310 g/mol. The van der Waals surface area contributed by atoms with Crippen molar-refractivity contribution in [1.29, 1.82) is 0 Å². The number of carbonyl (C=O) groups excluding carboxylic acids is 2. The fourth-order valence-corrected chi connectivity index (χ4v) is 2.43. The summed E-state index contributed by atoms with van der Waals surface area (Å²) in [5.41, 5.74) is 1.27. The lowest BCUT2D eigenvalue weighted by atomic mass is 10.1. The Morgan fingerprint density at radius 2 is 2.00 bits per heavy atom. The van der Waals surface area contributed by atoms with Gasteiger partial charge in [-0.15, -0.1) is 0 Å². The van der Waals surface area contributed by atoms with Gasteiger partial charge in [0.15, 0.2) is 12.9 Å². The fourth-order valence-electron chi connectivity index (χ4n) is 1.84. The van der Waals surface area contributed by atoms with Gasteiger partial charge in [-0.1, -0.05) is 15.9 Å². The second-order valence-corrected chi connectivity index (χ2v) is 5.03. The number of benzene rings is 1. The predicted molar refractivity (Wildman–Crippen MR) is 77.7 cm³/mol. The number of carbonyl (C=O) groups is 2. The minimum atomic E-state index is -0.0795. The van der Waals surface area contributed by atoms with Gasteiger partial charge in [-0.25, -0.2) is 0 Å². The van der Waals surface area contributed by atoms with E-state index in [0.717, 1.165) is 16.3 Å². The molecule has 4 nitrogen and oxygen atoms in total. The van der Waals surface area contributed by atoms with E-state index < -0.39 is 0 Å². The van der Waals surface area contributed by atoms with E-state index in [9.17, 15) is 9.59 Å². The molecule has 0 spiro atoms. The smallest absolute Gasteiger partial charge is 0.260 e. The van der Waals surface area contributed by atoms with Gasteiger partial charge in [0, 0.05) is 17.6 Å². The topological polar surface area (TPSA) is 46.6 Å². The van der Waals surface area contributed by atoms with E-state index in [1.807, 2.05) is 26.8 Å². The van der Waals surface area contributed by atoms with E-state index in [-0.39, 0.29) is 12.5 Å². The first kappa shape index (κ1) is 15.7. The molecule has 5 heteroatoms. The summed E-state index contributed by atoms with van der Waals surface area (Å²) in [6.45, 7) is 6.93. The first-order valence-corrected chi connectivity index (χ1v) is 6.98. The average molecular weight is 328 g/mol. The third-order valence-corrected chi connectivity index (χ3v) is 3.31. The first-order chi connectivity index (χ1) is 9.03. The fraction of sp³-hybridized carbons (Fsp3) is 0.429. The van der Waals surface area contributed by atoms with E-state index in [4.69, 9.17) is 4.74 Å². The van der Waals surface area contributed by atoms with Crippen LogP contribution in [0.15, 0.2) is 16.6 Å². The van der Waals surface area contributed by atoms with Crippen LogP contribution in [0.2, 0.25) is 0 Å². The number of halogens is 1. The number of aryl methyl sites for hydroxylation is 1. The molecule has 0 radical (unpaired) electrons. The summed E-state index contributed by atoms with van der Waals surface area (Å²) in [6, 6.07) is 3.53. The summed E-state index contributed by atoms with van der Waals surface area (Å²) in [5.74, 6) is 0.392. The summed E-state index contributed by atoms with van der Waals surface area (Å²) in [6.07, 6.45) is 0.731. The Balaban J connectivity index is 2.83. The van der Waals surface area contributed by atoms with Crippen molar-refractivity contribution in [2.24, 2.45) is 0 Å². The molecule has 1 rings (SSSR count). The molecular formula is C14H18BrNO3. The molecule has 0 aliphatic rings. The lowest BCUT2D eigenvalue weighted by Gasteiger charge is -2.19. The van der Waals surface area contributed by atoms with Gasteiger partial charge in [-0.3, -0.25) is 9.59 Å². The maximum Gasteiger partial charge on any atom is 0.260 e. The number of ether oxygens (including phenoxy) is 1. The molecule has 1 aromatic carbocycles. The molecule has 0 unspecified atom stereocenters. The van der Waals surface area contributed by atoms with Gasteiger partial charge in [-0.2, -0.15) is 0 Å². The van der Waals surface area contributed by atoms with Crippen LogP contribution >= 0.6 is 15.9 Å². The Kier molecular flexibility index (Phi) is 6.02. The Labute approximate surface area is 121 Å². The van der Waals surface area contributed by atoms with Gasteiger partial charge >= 0.3 is 0 Å². The van der Waals surface area contributed by atoms with Crippen LogP contribution in [0.3, 0.4) is 0 Å². The molecule has 0 saturated carbocycles. The second-order valence-electron chi connectivity index (χ2n) is 4.11. The molecule has 0 aromatic heterocycles. The highest BCUT2D eigenvalue weighted by molar-refractivity contribution is 9.10. The van der Waals surface area contributed by atoms with Crippen molar-refractivity contribution in [3.63, 3.8) is 0 Å². The van der Waals surface area contributed by atoms with E-state index >= 15 is 0 Å². The molecule has 0 atom stereocenters. The van der Waals surface area contributed by atoms with Crippen molar-refractivity contribution in [2.45, 2.75) is 20.8 Å². The van der Waals surface area contributed by atoms with Gasteiger partial charge in [0.05, 0.1) is 5.56 Å². The van der Waals surface area contributed by atoms with E-state index in [1.54, 1.807) is 11.0 Å². The van der Waals surface area contributed by atoms with Crippen molar-refractivity contribution in [3.05, 3.63) is 27.7 Å². The minimum Gasteiger partial charge on any atom is -0.483 e. The third-order valence-electron chi connectivity index (χ3n) is 2.85. The summed E-state index contributed by atoms with van der Waals surface area (Å²) in [7, 11) is 0. The molecule has 1 aromatic rings. The number of amides is 1. The van der Waals surface area contributed by atoms with Gasteiger partial charge in [0.1, 0.15) is 5.75 Å². The molecule has 19 heavy (non-hydrogen) atoms. The summed E-state index contributed by atoms with van der Waals surface area (Å²) < 4.78 is 6.33. The lowest BCUT2D eigenvalue weighted by Crippen LogP contribution is -2.34. The summed E-state index contributed by atoms with van der Waals surface area (Å²) in [5, 5.41) is 0. The molecule has 0 bridgehead atoms. The standard InChI is InChI=1S/C14H18BrNO3/c1-4-16(5-2)13(18)9-19-14-10(3)6-12(15)7-11(14)8-17/h6-8H,4-5,9H2,1-3H3.